The Morgan fingerprint density at radius 1 is 1.53 bits per heavy atom. The standard InChI is InChI=1S/C10H18N2O4S/c1-10(16-5-8(13)14)6-12(7-10)9(15)11-3-4-17-2/h3-7H2,1-2H3,(H,11,15)(H,13,14). The maximum absolute atomic E-state index is 11.6. The van der Waals surface area contributed by atoms with Crippen LogP contribution in [0.2, 0.25) is 0 Å². The molecular formula is C10H18N2O4S. The number of thioether (sulfide) groups is 1. The molecule has 1 aliphatic heterocycles. The summed E-state index contributed by atoms with van der Waals surface area (Å²) in [6.07, 6.45) is 1.98. The Hall–Kier alpha value is -0.950. The van der Waals surface area contributed by atoms with Crippen molar-refractivity contribution in [3.8, 4) is 0 Å². The lowest BCUT2D eigenvalue weighted by Gasteiger charge is -2.46. The van der Waals surface area contributed by atoms with Gasteiger partial charge in [-0.1, -0.05) is 0 Å². The van der Waals surface area contributed by atoms with Crippen LogP contribution in [-0.2, 0) is 9.53 Å². The van der Waals surface area contributed by atoms with Crippen LogP contribution >= 0.6 is 11.8 Å². The summed E-state index contributed by atoms with van der Waals surface area (Å²) < 4.78 is 5.21. The quantitative estimate of drug-likeness (QED) is 0.670. The number of amides is 2. The number of carboxylic acids is 1. The van der Waals surface area contributed by atoms with Gasteiger partial charge < -0.3 is 20.1 Å². The van der Waals surface area contributed by atoms with Gasteiger partial charge in [-0.15, -0.1) is 0 Å². The predicted molar refractivity (Wildman–Crippen MR) is 65.3 cm³/mol. The SMILES string of the molecule is CSCCNC(=O)N1CC(C)(OCC(=O)O)C1. The highest BCUT2D eigenvalue weighted by Gasteiger charge is 2.42. The van der Waals surface area contributed by atoms with Gasteiger partial charge in [-0.3, -0.25) is 0 Å². The molecule has 17 heavy (non-hydrogen) atoms. The van der Waals surface area contributed by atoms with Gasteiger partial charge in [-0.2, -0.15) is 11.8 Å². The summed E-state index contributed by atoms with van der Waals surface area (Å²) in [5, 5.41) is 11.3. The van der Waals surface area contributed by atoms with Gasteiger partial charge in [0.15, 0.2) is 0 Å². The summed E-state index contributed by atoms with van der Waals surface area (Å²) >= 11 is 1.67. The summed E-state index contributed by atoms with van der Waals surface area (Å²) in [6.45, 7) is 3.00. The van der Waals surface area contributed by atoms with Crippen molar-refractivity contribution in [2.45, 2.75) is 12.5 Å². The minimum Gasteiger partial charge on any atom is -0.480 e. The first-order valence-corrected chi connectivity index (χ1v) is 6.74. The first kappa shape index (κ1) is 14.1. The van der Waals surface area contributed by atoms with Gasteiger partial charge >= 0.3 is 12.0 Å². The Bertz CT molecular complexity index is 292. The number of hydrogen-bond acceptors (Lipinski definition) is 4. The first-order chi connectivity index (χ1) is 7.97. The van der Waals surface area contributed by atoms with Gasteiger partial charge in [0.05, 0.1) is 13.1 Å². The van der Waals surface area contributed by atoms with E-state index in [4.69, 9.17) is 9.84 Å². The number of carbonyl (C=O) groups excluding carboxylic acids is 1. The molecule has 0 unspecified atom stereocenters. The lowest BCUT2D eigenvalue weighted by Crippen LogP contribution is -2.65. The fourth-order valence-electron chi connectivity index (χ4n) is 1.60. The molecule has 0 bridgehead atoms. The topological polar surface area (TPSA) is 78.9 Å². The van der Waals surface area contributed by atoms with E-state index in [1.807, 2.05) is 13.2 Å². The largest absolute Gasteiger partial charge is 0.480 e. The average molecular weight is 262 g/mol. The van der Waals surface area contributed by atoms with E-state index in [9.17, 15) is 9.59 Å². The van der Waals surface area contributed by atoms with E-state index in [0.29, 0.717) is 19.6 Å². The monoisotopic (exact) mass is 262 g/mol. The van der Waals surface area contributed by atoms with Crippen molar-refractivity contribution in [2.24, 2.45) is 0 Å². The Labute approximate surface area is 105 Å². The van der Waals surface area contributed by atoms with Gasteiger partial charge in [0.2, 0.25) is 0 Å². The number of urea groups is 1. The number of rotatable bonds is 6. The molecule has 2 amide bonds. The van der Waals surface area contributed by atoms with Crippen LogP contribution in [0, 0.1) is 0 Å². The molecule has 0 spiro atoms. The second-order valence-electron chi connectivity index (χ2n) is 4.21. The summed E-state index contributed by atoms with van der Waals surface area (Å²) in [7, 11) is 0. The molecule has 1 aliphatic rings. The van der Waals surface area contributed by atoms with Crippen LogP contribution in [0.1, 0.15) is 6.92 Å². The fourth-order valence-corrected chi connectivity index (χ4v) is 1.91. The Morgan fingerprint density at radius 3 is 2.71 bits per heavy atom. The maximum atomic E-state index is 11.6. The molecule has 0 aromatic heterocycles. The molecule has 1 saturated heterocycles. The Kier molecular flexibility index (Phi) is 5.07. The number of nitrogens with zero attached hydrogens (tertiary/aromatic N) is 1. The number of aliphatic carboxylic acids is 1. The lowest BCUT2D eigenvalue weighted by atomic mass is 9.97. The molecular weight excluding hydrogens is 244 g/mol. The van der Waals surface area contributed by atoms with Gasteiger partial charge in [-0.25, -0.2) is 9.59 Å². The second kappa shape index (κ2) is 6.11. The Morgan fingerprint density at radius 2 is 2.18 bits per heavy atom. The van der Waals surface area contributed by atoms with E-state index < -0.39 is 11.6 Å². The average Bonchev–Trinajstić information content (AvgIpc) is 2.22. The van der Waals surface area contributed by atoms with E-state index in [0.717, 1.165) is 5.75 Å². The van der Waals surface area contributed by atoms with Crippen molar-refractivity contribution in [2.75, 3.05) is 38.2 Å². The molecule has 6 nitrogen and oxygen atoms in total. The minimum atomic E-state index is -0.992. The van der Waals surface area contributed by atoms with E-state index in [1.54, 1.807) is 16.7 Å². The van der Waals surface area contributed by atoms with Crippen LogP contribution in [0.25, 0.3) is 0 Å². The fraction of sp³-hybridized carbons (Fsp3) is 0.800. The number of ether oxygens (including phenoxy) is 1. The maximum Gasteiger partial charge on any atom is 0.329 e. The third-order valence-corrected chi connectivity index (χ3v) is 3.08. The summed E-state index contributed by atoms with van der Waals surface area (Å²) in [5.41, 5.74) is -0.519. The van der Waals surface area contributed by atoms with Crippen LogP contribution in [0.3, 0.4) is 0 Å². The molecule has 1 heterocycles. The van der Waals surface area contributed by atoms with Gasteiger partial charge in [0.1, 0.15) is 12.2 Å². The molecule has 7 heteroatoms. The van der Waals surface area contributed by atoms with E-state index in [1.165, 1.54) is 0 Å². The highest BCUT2D eigenvalue weighted by atomic mass is 32.2. The Balaban J connectivity index is 2.20. The molecule has 0 saturated carbocycles. The first-order valence-electron chi connectivity index (χ1n) is 5.34. The van der Waals surface area contributed by atoms with E-state index >= 15 is 0 Å². The molecule has 2 N–H and O–H groups in total. The number of carbonyl (C=O) groups is 2. The zero-order chi connectivity index (χ0) is 12.9. The summed E-state index contributed by atoms with van der Waals surface area (Å²) in [4.78, 5) is 23.5. The molecule has 1 rings (SSSR count). The van der Waals surface area contributed by atoms with Gasteiger partial charge in [0.25, 0.3) is 0 Å². The smallest absolute Gasteiger partial charge is 0.329 e. The highest BCUT2D eigenvalue weighted by molar-refractivity contribution is 7.98. The molecule has 98 valence electrons. The summed E-state index contributed by atoms with van der Waals surface area (Å²) in [6, 6.07) is -0.115. The number of nitrogens with one attached hydrogen (secondary N) is 1. The lowest BCUT2D eigenvalue weighted by molar-refractivity contribution is -0.159. The van der Waals surface area contributed by atoms with Gasteiger partial charge in [-0.05, 0) is 13.2 Å². The van der Waals surface area contributed by atoms with E-state index in [-0.39, 0.29) is 12.6 Å². The molecule has 0 aromatic rings. The third kappa shape index (κ3) is 4.43. The zero-order valence-electron chi connectivity index (χ0n) is 10.1. The van der Waals surface area contributed by atoms with Gasteiger partial charge in [0, 0.05) is 12.3 Å². The second-order valence-corrected chi connectivity index (χ2v) is 5.20. The minimum absolute atomic E-state index is 0.115. The highest BCUT2D eigenvalue weighted by Crippen LogP contribution is 2.24. The molecule has 0 aliphatic carbocycles. The number of hydrogen-bond donors (Lipinski definition) is 2. The molecule has 0 radical (unpaired) electrons. The van der Waals surface area contributed by atoms with Crippen molar-refractivity contribution < 1.29 is 19.4 Å². The van der Waals surface area contributed by atoms with Crippen LogP contribution in [0.4, 0.5) is 4.79 Å². The van der Waals surface area contributed by atoms with E-state index in [2.05, 4.69) is 5.32 Å². The van der Waals surface area contributed by atoms with Crippen molar-refractivity contribution in [3.05, 3.63) is 0 Å². The zero-order valence-corrected chi connectivity index (χ0v) is 10.9. The van der Waals surface area contributed by atoms with Crippen LogP contribution in [0.5, 0.6) is 0 Å². The van der Waals surface area contributed by atoms with Crippen molar-refractivity contribution in [3.63, 3.8) is 0 Å². The van der Waals surface area contributed by atoms with Crippen LogP contribution < -0.4 is 5.32 Å². The van der Waals surface area contributed by atoms with Crippen molar-refractivity contribution in [1.29, 1.82) is 0 Å². The predicted octanol–water partition coefficient (Wildman–Crippen LogP) is 0.234. The number of carboxylic acid groups (broad SMARTS) is 1. The molecule has 0 atom stereocenters. The molecule has 0 aromatic carbocycles. The van der Waals surface area contributed by atoms with Crippen LogP contribution in [-0.4, -0.2) is 65.9 Å². The van der Waals surface area contributed by atoms with Crippen LogP contribution in [0.15, 0.2) is 0 Å². The normalized spacial score (nSPS) is 17.4. The molecule has 1 fully saturated rings. The number of likely N-dealkylation sites (tertiary alicyclic amines) is 1. The third-order valence-electron chi connectivity index (χ3n) is 2.46. The van der Waals surface area contributed by atoms with Crippen molar-refractivity contribution in [1.82, 2.24) is 10.2 Å². The summed E-state index contributed by atoms with van der Waals surface area (Å²) in [5.74, 6) is -0.110. The van der Waals surface area contributed by atoms with Crippen molar-refractivity contribution >= 4 is 23.8 Å².